The van der Waals surface area contributed by atoms with Crippen molar-refractivity contribution < 1.29 is 24.2 Å². The molecule has 7 nitrogen and oxygen atoms in total. The molecule has 7 heteroatoms. The van der Waals surface area contributed by atoms with Crippen LogP contribution in [0.2, 0.25) is 0 Å². The first-order valence-corrected chi connectivity index (χ1v) is 10.4. The lowest BCUT2D eigenvalue weighted by Gasteiger charge is -2.26. The third-order valence-electron chi connectivity index (χ3n) is 5.70. The predicted molar refractivity (Wildman–Crippen MR) is 120 cm³/mol. The van der Waals surface area contributed by atoms with Crippen molar-refractivity contribution in [3.8, 4) is 23.0 Å². The van der Waals surface area contributed by atoms with E-state index in [2.05, 4.69) is 17.2 Å². The van der Waals surface area contributed by atoms with Gasteiger partial charge in [0.1, 0.15) is 18.7 Å². The molecule has 0 heterocycles. The largest absolute Gasteiger partial charge is 0.480 e. The topological polar surface area (TPSA) is 95.9 Å². The highest BCUT2D eigenvalue weighted by Crippen LogP contribution is 2.44. The number of carboxylic acids is 1. The Balaban J connectivity index is 1.70. The van der Waals surface area contributed by atoms with Crippen LogP contribution in [-0.2, 0) is 14.3 Å². The highest BCUT2D eigenvalue weighted by Gasteiger charge is 2.31. The predicted octanol–water partition coefficient (Wildman–Crippen LogP) is 3.24. The van der Waals surface area contributed by atoms with Crippen LogP contribution in [0, 0.1) is 11.8 Å². The number of alkyl carbamates (subject to hydrolysis) is 1. The van der Waals surface area contributed by atoms with Crippen LogP contribution in [0.4, 0.5) is 4.79 Å². The fourth-order valence-corrected chi connectivity index (χ4v) is 3.79. The van der Waals surface area contributed by atoms with Crippen molar-refractivity contribution in [3.63, 3.8) is 0 Å². The van der Waals surface area contributed by atoms with Gasteiger partial charge in [-0.2, -0.15) is 0 Å². The SMILES string of the molecule is CC#CCC(NC(=O)OCC1c2ccccc2-c2ccccc21)C(=O)N(C)[C@@H](C)C(=O)O. The van der Waals surface area contributed by atoms with Gasteiger partial charge in [0.05, 0.1) is 0 Å². The number of rotatable bonds is 7. The van der Waals surface area contributed by atoms with Gasteiger partial charge in [0.25, 0.3) is 0 Å². The summed E-state index contributed by atoms with van der Waals surface area (Å²) in [5, 5.41) is 11.7. The Kier molecular flexibility index (Phi) is 7.16. The summed E-state index contributed by atoms with van der Waals surface area (Å²) in [5.41, 5.74) is 4.40. The maximum Gasteiger partial charge on any atom is 0.407 e. The molecule has 1 unspecified atom stereocenters. The molecule has 0 bridgehead atoms. The average Bonchev–Trinajstić information content (AvgIpc) is 3.12. The summed E-state index contributed by atoms with van der Waals surface area (Å²) >= 11 is 0. The quantitative estimate of drug-likeness (QED) is 0.653. The third kappa shape index (κ3) is 4.75. The van der Waals surface area contributed by atoms with Crippen LogP contribution in [0.1, 0.15) is 37.3 Å². The van der Waals surface area contributed by atoms with Gasteiger partial charge in [-0.15, -0.1) is 11.8 Å². The molecule has 2 aromatic rings. The van der Waals surface area contributed by atoms with Gasteiger partial charge >= 0.3 is 12.1 Å². The summed E-state index contributed by atoms with van der Waals surface area (Å²) in [7, 11) is 1.38. The Bertz CT molecular complexity index is 1040. The zero-order valence-electron chi connectivity index (χ0n) is 18.3. The number of carbonyl (C=O) groups excluding carboxylic acids is 2. The van der Waals surface area contributed by atoms with E-state index in [1.54, 1.807) is 6.92 Å². The number of nitrogens with zero attached hydrogens (tertiary/aromatic N) is 1. The van der Waals surface area contributed by atoms with Crippen molar-refractivity contribution in [2.45, 2.75) is 38.3 Å². The van der Waals surface area contributed by atoms with E-state index in [0.717, 1.165) is 27.2 Å². The molecule has 1 aliphatic carbocycles. The summed E-state index contributed by atoms with van der Waals surface area (Å²) in [4.78, 5) is 37.6. The van der Waals surface area contributed by atoms with Gasteiger partial charge in [-0.25, -0.2) is 9.59 Å². The zero-order valence-corrected chi connectivity index (χ0v) is 18.3. The second kappa shape index (κ2) is 10.0. The number of hydrogen-bond acceptors (Lipinski definition) is 4. The number of fused-ring (bicyclic) bond motifs is 3. The number of amides is 2. The van der Waals surface area contributed by atoms with Crippen LogP contribution in [0.25, 0.3) is 11.1 Å². The molecular weight excluding hydrogens is 408 g/mol. The smallest absolute Gasteiger partial charge is 0.407 e. The number of benzene rings is 2. The van der Waals surface area contributed by atoms with Crippen LogP contribution in [-0.4, -0.2) is 53.7 Å². The molecule has 166 valence electrons. The minimum atomic E-state index is -1.14. The van der Waals surface area contributed by atoms with Gasteiger partial charge in [0.2, 0.25) is 5.91 Å². The molecule has 2 aromatic carbocycles. The van der Waals surface area contributed by atoms with Crippen LogP contribution in [0.3, 0.4) is 0 Å². The lowest BCUT2D eigenvalue weighted by Crippen LogP contribution is -2.51. The summed E-state index contributed by atoms with van der Waals surface area (Å²) in [5.74, 6) is 3.67. The van der Waals surface area contributed by atoms with E-state index in [9.17, 15) is 19.5 Å². The second-order valence-corrected chi connectivity index (χ2v) is 7.62. The van der Waals surface area contributed by atoms with Crippen molar-refractivity contribution in [2.75, 3.05) is 13.7 Å². The fourth-order valence-electron chi connectivity index (χ4n) is 3.79. The maximum atomic E-state index is 12.7. The number of aliphatic carboxylic acids is 1. The highest BCUT2D eigenvalue weighted by atomic mass is 16.5. The van der Waals surface area contributed by atoms with Crippen LogP contribution in [0.15, 0.2) is 48.5 Å². The lowest BCUT2D eigenvalue weighted by molar-refractivity contribution is -0.148. The second-order valence-electron chi connectivity index (χ2n) is 7.62. The Morgan fingerprint density at radius 3 is 2.19 bits per heavy atom. The summed E-state index contributed by atoms with van der Waals surface area (Å²) in [6.45, 7) is 3.14. The molecule has 0 radical (unpaired) electrons. The van der Waals surface area contributed by atoms with Crippen LogP contribution < -0.4 is 5.32 Å². The number of carbonyl (C=O) groups is 3. The Morgan fingerprint density at radius 2 is 1.66 bits per heavy atom. The van der Waals surface area contributed by atoms with Gasteiger partial charge < -0.3 is 20.1 Å². The van der Waals surface area contributed by atoms with E-state index >= 15 is 0 Å². The van der Waals surface area contributed by atoms with E-state index in [-0.39, 0.29) is 18.9 Å². The van der Waals surface area contributed by atoms with Crippen molar-refractivity contribution in [1.82, 2.24) is 10.2 Å². The molecule has 2 amide bonds. The minimum absolute atomic E-state index is 0.0518. The van der Waals surface area contributed by atoms with E-state index in [1.807, 2.05) is 48.5 Å². The summed E-state index contributed by atoms with van der Waals surface area (Å²) in [6.07, 6.45) is -0.699. The monoisotopic (exact) mass is 434 g/mol. The number of ether oxygens (including phenoxy) is 1. The molecule has 2 N–H and O–H groups in total. The standard InChI is InChI=1S/C25H26N2O5/c1-4-5-14-22(23(28)27(3)16(2)24(29)30)26-25(31)32-15-21-19-12-8-6-10-17(19)18-11-7-9-13-20(18)21/h6-13,16,21-22H,14-15H2,1-3H3,(H,26,31)(H,29,30)/t16-,22?/m0/s1. The highest BCUT2D eigenvalue weighted by molar-refractivity contribution is 5.89. The molecule has 32 heavy (non-hydrogen) atoms. The normalized spacial score (nSPS) is 13.6. The first kappa shape index (κ1) is 22.9. The lowest BCUT2D eigenvalue weighted by atomic mass is 9.98. The molecule has 0 fully saturated rings. The molecular formula is C25H26N2O5. The zero-order chi connectivity index (χ0) is 23.3. The van der Waals surface area contributed by atoms with Gasteiger partial charge in [0.15, 0.2) is 0 Å². The van der Waals surface area contributed by atoms with E-state index in [0.29, 0.717) is 0 Å². The van der Waals surface area contributed by atoms with E-state index in [1.165, 1.54) is 14.0 Å². The molecule has 0 spiro atoms. The third-order valence-corrected chi connectivity index (χ3v) is 5.70. The van der Waals surface area contributed by atoms with Crippen LogP contribution >= 0.6 is 0 Å². The number of nitrogens with one attached hydrogen (secondary N) is 1. The maximum absolute atomic E-state index is 12.7. The first-order chi connectivity index (χ1) is 15.3. The number of hydrogen-bond donors (Lipinski definition) is 2. The van der Waals surface area contributed by atoms with Crippen molar-refractivity contribution in [1.29, 1.82) is 0 Å². The van der Waals surface area contributed by atoms with Crippen molar-refractivity contribution in [3.05, 3.63) is 59.7 Å². The van der Waals surface area contributed by atoms with Gasteiger partial charge in [-0.1, -0.05) is 48.5 Å². The Labute approximate surface area is 187 Å². The molecule has 3 rings (SSSR count). The molecule has 0 aliphatic heterocycles. The van der Waals surface area contributed by atoms with E-state index < -0.39 is 30.1 Å². The number of carboxylic acid groups (broad SMARTS) is 1. The number of likely N-dealkylation sites (N-methyl/N-ethyl adjacent to an activating group) is 1. The first-order valence-electron chi connectivity index (χ1n) is 10.4. The molecule has 0 saturated carbocycles. The van der Waals surface area contributed by atoms with Gasteiger partial charge in [-0.3, -0.25) is 4.79 Å². The van der Waals surface area contributed by atoms with Gasteiger partial charge in [-0.05, 0) is 36.1 Å². The minimum Gasteiger partial charge on any atom is -0.480 e. The average molecular weight is 434 g/mol. The summed E-state index contributed by atoms with van der Waals surface area (Å²) in [6, 6.07) is 14.0. The van der Waals surface area contributed by atoms with E-state index in [4.69, 9.17) is 4.74 Å². The van der Waals surface area contributed by atoms with Crippen molar-refractivity contribution in [2.24, 2.45) is 0 Å². The Morgan fingerprint density at radius 1 is 1.09 bits per heavy atom. The van der Waals surface area contributed by atoms with Crippen molar-refractivity contribution >= 4 is 18.0 Å². The summed E-state index contributed by atoms with van der Waals surface area (Å²) < 4.78 is 5.50. The fraction of sp³-hybridized carbons (Fsp3) is 0.320. The van der Waals surface area contributed by atoms with Gasteiger partial charge in [0, 0.05) is 19.4 Å². The Hall–Kier alpha value is -3.79. The molecule has 2 atom stereocenters. The van der Waals surface area contributed by atoms with Crippen LogP contribution in [0.5, 0.6) is 0 Å². The molecule has 0 aromatic heterocycles. The molecule has 1 aliphatic rings. The molecule has 0 saturated heterocycles.